The van der Waals surface area contributed by atoms with E-state index in [-0.39, 0.29) is 28.8 Å². The van der Waals surface area contributed by atoms with Crippen LogP contribution in [0.5, 0.6) is 11.5 Å². The number of hydrogen-bond donors (Lipinski definition) is 2. The molecule has 0 spiro atoms. The van der Waals surface area contributed by atoms with Gasteiger partial charge in [0.05, 0.1) is 11.7 Å². The van der Waals surface area contributed by atoms with Crippen LogP contribution in [-0.2, 0) is 15.1 Å². The Hall–Kier alpha value is -1.81. The molecular formula is C18H22O4. The molecule has 4 nitrogen and oxygen atoms in total. The van der Waals surface area contributed by atoms with E-state index in [1.807, 2.05) is 13.0 Å². The van der Waals surface area contributed by atoms with Crippen molar-refractivity contribution < 1.29 is 19.7 Å². The average Bonchev–Trinajstić information content (AvgIpc) is 2.35. The van der Waals surface area contributed by atoms with Crippen LogP contribution in [0.4, 0.5) is 0 Å². The Labute approximate surface area is 130 Å². The third kappa shape index (κ3) is 2.41. The van der Waals surface area contributed by atoms with E-state index >= 15 is 0 Å². The molecule has 0 aromatic heterocycles. The van der Waals surface area contributed by atoms with E-state index in [1.165, 1.54) is 11.6 Å². The first kappa shape index (κ1) is 15.1. The number of ether oxygens (including phenoxy) is 1. The molecule has 2 aliphatic rings. The maximum absolute atomic E-state index is 11.8. The first-order chi connectivity index (χ1) is 10.2. The Balaban J connectivity index is 2.03. The van der Waals surface area contributed by atoms with Gasteiger partial charge in [0.1, 0.15) is 17.3 Å². The number of hydrogen-bond acceptors (Lipinski definition) is 4. The summed E-state index contributed by atoms with van der Waals surface area (Å²) >= 11 is 0. The van der Waals surface area contributed by atoms with Crippen LogP contribution in [0.15, 0.2) is 29.8 Å². The second kappa shape index (κ2) is 4.85. The number of carbonyl (C=O) groups excluding carboxylic acids is 1. The minimum atomic E-state index is -0.694. The van der Waals surface area contributed by atoms with Gasteiger partial charge in [-0.3, -0.25) is 4.79 Å². The SMILES string of the molecule is CC1(C)CC(C)(c2ccc(O)cc2O)OC2CC(=O)CC=C21. The number of aromatic hydroxyl groups is 2. The van der Waals surface area contributed by atoms with Crippen LogP contribution in [0.2, 0.25) is 0 Å². The van der Waals surface area contributed by atoms with Gasteiger partial charge in [0.2, 0.25) is 0 Å². The normalized spacial score (nSPS) is 30.6. The number of phenolic OH excluding ortho intramolecular Hbond substituents is 2. The van der Waals surface area contributed by atoms with E-state index in [2.05, 4.69) is 13.8 Å². The smallest absolute Gasteiger partial charge is 0.139 e. The van der Waals surface area contributed by atoms with Crippen molar-refractivity contribution in [2.24, 2.45) is 5.41 Å². The molecule has 0 saturated carbocycles. The quantitative estimate of drug-likeness (QED) is 0.780. The Morgan fingerprint density at radius 3 is 2.64 bits per heavy atom. The standard InChI is InChI=1S/C18H22O4/c1-17(2)10-18(3,13-6-4-11(19)8-15(13)21)22-16-9-12(20)5-7-14(16)17/h4,6-8,16,19,21H,5,9-10H2,1-3H3. The molecule has 22 heavy (non-hydrogen) atoms. The summed E-state index contributed by atoms with van der Waals surface area (Å²) < 4.78 is 6.26. The van der Waals surface area contributed by atoms with Crippen LogP contribution in [0.1, 0.15) is 45.6 Å². The average molecular weight is 302 g/mol. The van der Waals surface area contributed by atoms with E-state index in [0.29, 0.717) is 24.8 Å². The fourth-order valence-electron chi connectivity index (χ4n) is 4.00. The highest BCUT2D eigenvalue weighted by molar-refractivity contribution is 5.82. The molecule has 0 radical (unpaired) electrons. The number of allylic oxidation sites excluding steroid dienone is 1. The number of fused-ring (bicyclic) bond motifs is 1. The molecule has 4 heteroatoms. The first-order valence-electron chi connectivity index (χ1n) is 7.64. The van der Waals surface area contributed by atoms with Crippen molar-refractivity contribution in [1.29, 1.82) is 0 Å². The summed E-state index contributed by atoms with van der Waals surface area (Å²) in [4.78, 5) is 11.8. The van der Waals surface area contributed by atoms with Crippen LogP contribution in [0.25, 0.3) is 0 Å². The maximum atomic E-state index is 11.8. The second-order valence-electron chi connectivity index (χ2n) is 7.21. The fraction of sp³-hybridized carbons (Fsp3) is 0.500. The van der Waals surface area contributed by atoms with Crippen LogP contribution < -0.4 is 0 Å². The van der Waals surface area contributed by atoms with E-state index in [9.17, 15) is 15.0 Å². The fourth-order valence-corrected chi connectivity index (χ4v) is 4.00. The highest BCUT2D eigenvalue weighted by atomic mass is 16.5. The van der Waals surface area contributed by atoms with E-state index in [0.717, 1.165) is 0 Å². The Morgan fingerprint density at radius 2 is 1.95 bits per heavy atom. The zero-order chi connectivity index (χ0) is 16.1. The van der Waals surface area contributed by atoms with Gasteiger partial charge in [0.25, 0.3) is 0 Å². The van der Waals surface area contributed by atoms with Crippen molar-refractivity contribution in [2.75, 3.05) is 0 Å². The van der Waals surface area contributed by atoms with Gasteiger partial charge in [0.15, 0.2) is 0 Å². The van der Waals surface area contributed by atoms with Gasteiger partial charge in [0, 0.05) is 24.5 Å². The summed E-state index contributed by atoms with van der Waals surface area (Å²) in [5.74, 6) is 0.227. The van der Waals surface area contributed by atoms with Crippen molar-refractivity contribution in [2.45, 2.75) is 51.7 Å². The molecule has 2 unspecified atom stereocenters. The molecule has 1 aromatic rings. The van der Waals surface area contributed by atoms with Crippen LogP contribution in [-0.4, -0.2) is 22.1 Å². The summed E-state index contributed by atoms with van der Waals surface area (Å²) in [5.41, 5.74) is 1.03. The lowest BCUT2D eigenvalue weighted by atomic mass is 9.66. The summed E-state index contributed by atoms with van der Waals surface area (Å²) in [7, 11) is 0. The third-order valence-corrected chi connectivity index (χ3v) is 4.82. The number of ketones is 1. The molecule has 118 valence electrons. The number of carbonyl (C=O) groups is 1. The molecule has 1 heterocycles. The molecule has 1 aliphatic heterocycles. The monoisotopic (exact) mass is 302 g/mol. The van der Waals surface area contributed by atoms with Gasteiger partial charge in [-0.05, 0) is 36.5 Å². The first-order valence-corrected chi connectivity index (χ1v) is 7.64. The number of phenols is 2. The number of Topliss-reactive ketones (excluding diaryl/α,β-unsaturated/α-hetero) is 1. The van der Waals surface area contributed by atoms with Gasteiger partial charge >= 0.3 is 0 Å². The minimum Gasteiger partial charge on any atom is -0.508 e. The van der Waals surface area contributed by atoms with Crippen molar-refractivity contribution in [3.8, 4) is 11.5 Å². The molecule has 1 fully saturated rings. The maximum Gasteiger partial charge on any atom is 0.139 e. The largest absolute Gasteiger partial charge is 0.508 e. The van der Waals surface area contributed by atoms with Crippen molar-refractivity contribution in [3.05, 3.63) is 35.4 Å². The van der Waals surface area contributed by atoms with Gasteiger partial charge in [-0.25, -0.2) is 0 Å². The Kier molecular flexibility index (Phi) is 3.33. The predicted molar refractivity (Wildman–Crippen MR) is 82.7 cm³/mol. The number of benzene rings is 1. The molecule has 1 saturated heterocycles. The number of rotatable bonds is 1. The lowest BCUT2D eigenvalue weighted by Gasteiger charge is -2.50. The summed E-state index contributed by atoms with van der Waals surface area (Å²) in [6.07, 6.45) is 3.36. The van der Waals surface area contributed by atoms with E-state index in [1.54, 1.807) is 12.1 Å². The summed E-state index contributed by atoms with van der Waals surface area (Å²) in [6, 6.07) is 4.57. The van der Waals surface area contributed by atoms with Gasteiger partial charge < -0.3 is 14.9 Å². The van der Waals surface area contributed by atoms with Gasteiger partial charge in [-0.15, -0.1) is 0 Å². The Morgan fingerprint density at radius 1 is 1.23 bits per heavy atom. The van der Waals surface area contributed by atoms with E-state index < -0.39 is 5.60 Å². The summed E-state index contributed by atoms with van der Waals surface area (Å²) in [5, 5.41) is 19.7. The van der Waals surface area contributed by atoms with Crippen LogP contribution in [0, 0.1) is 5.41 Å². The molecule has 0 amide bonds. The molecule has 2 atom stereocenters. The molecule has 2 N–H and O–H groups in total. The van der Waals surface area contributed by atoms with Crippen molar-refractivity contribution in [1.82, 2.24) is 0 Å². The predicted octanol–water partition coefficient (Wildman–Crippen LogP) is 3.42. The highest BCUT2D eigenvalue weighted by Gasteiger charge is 2.48. The van der Waals surface area contributed by atoms with Crippen molar-refractivity contribution in [3.63, 3.8) is 0 Å². The zero-order valence-corrected chi connectivity index (χ0v) is 13.2. The van der Waals surface area contributed by atoms with E-state index in [4.69, 9.17) is 4.74 Å². The second-order valence-corrected chi connectivity index (χ2v) is 7.21. The van der Waals surface area contributed by atoms with Gasteiger partial charge in [-0.1, -0.05) is 19.9 Å². The zero-order valence-electron chi connectivity index (χ0n) is 13.2. The van der Waals surface area contributed by atoms with Crippen LogP contribution in [0.3, 0.4) is 0 Å². The van der Waals surface area contributed by atoms with Gasteiger partial charge in [-0.2, -0.15) is 0 Å². The minimum absolute atomic E-state index is 0.0212. The molecule has 1 aliphatic carbocycles. The van der Waals surface area contributed by atoms with Crippen LogP contribution >= 0.6 is 0 Å². The van der Waals surface area contributed by atoms with Crippen molar-refractivity contribution >= 4 is 5.78 Å². The lowest BCUT2D eigenvalue weighted by Crippen LogP contribution is -2.47. The third-order valence-electron chi connectivity index (χ3n) is 4.82. The molecule has 0 bridgehead atoms. The molecule has 1 aromatic carbocycles. The molecule has 3 rings (SSSR count). The topological polar surface area (TPSA) is 66.8 Å². The highest BCUT2D eigenvalue weighted by Crippen LogP contribution is 2.52. The molecular weight excluding hydrogens is 280 g/mol. The Bertz CT molecular complexity index is 659. The lowest BCUT2D eigenvalue weighted by molar-refractivity contribution is -0.144. The summed E-state index contributed by atoms with van der Waals surface area (Å²) in [6.45, 7) is 6.25.